The zero-order valence-corrected chi connectivity index (χ0v) is 10.7. The number of aromatic nitrogens is 3. The quantitative estimate of drug-likeness (QED) is 0.708. The Morgan fingerprint density at radius 2 is 2.32 bits per heavy atom. The van der Waals surface area contributed by atoms with Gasteiger partial charge in [0.15, 0.2) is 0 Å². The maximum Gasteiger partial charge on any atom is 0.255 e. The fourth-order valence-electron chi connectivity index (χ4n) is 1.67. The van der Waals surface area contributed by atoms with Gasteiger partial charge in [-0.3, -0.25) is 9.89 Å². The molecule has 19 heavy (non-hydrogen) atoms. The topological polar surface area (TPSA) is 106 Å². The van der Waals surface area contributed by atoms with Gasteiger partial charge in [-0.25, -0.2) is 4.98 Å². The van der Waals surface area contributed by atoms with E-state index in [0.717, 1.165) is 0 Å². The van der Waals surface area contributed by atoms with Crippen molar-refractivity contribution in [3.8, 4) is 5.75 Å². The Kier molecular flexibility index (Phi) is 3.65. The van der Waals surface area contributed by atoms with Gasteiger partial charge in [-0.05, 0) is 25.1 Å². The second-order valence-corrected chi connectivity index (χ2v) is 4.03. The van der Waals surface area contributed by atoms with Crippen molar-refractivity contribution in [2.45, 2.75) is 13.0 Å². The van der Waals surface area contributed by atoms with Crippen molar-refractivity contribution >= 4 is 11.6 Å². The predicted octanol–water partition coefficient (Wildman–Crippen LogP) is 0.886. The molecule has 0 fully saturated rings. The molecular weight excluding hydrogens is 246 g/mol. The number of nitrogen functional groups attached to an aromatic ring is 1. The molecule has 100 valence electrons. The van der Waals surface area contributed by atoms with E-state index in [2.05, 4.69) is 20.5 Å². The lowest BCUT2D eigenvalue weighted by Crippen LogP contribution is -2.27. The van der Waals surface area contributed by atoms with Crippen LogP contribution in [-0.4, -0.2) is 28.2 Å². The van der Waals surface area contributed by atoms with Crippen molar-refractivity contribution in [3.63, 3.8) is 0 Å². The second-order valence-electron chi connectivity index (χ2n) is 4.03. The molecule has 1 aromatic heterocycles. The number of anilines is 1. The Bertz CT molecular complexity index is 568. The Balaban J connectivity index is 2.18. The minimum Gasteiger partial charge on any atom is -0.496 e. The number of benzene rings is 1. The Hall–Kier alpha value is -2.57. The smallest absolute Gasteiger partial charge is 0.255 e. The Morgan fingerprint density at radius 1 is 1.53 bits per heavy atom. The normalized spacial score (nSPS) is 11.9. The van der Waals surface area contributed by atoms with Crippen molar-refractivity contribution < 1.29 is 9.53 Å². The van der Waals surface area contributed by atoms with Gasteiger partial charge in [0, 0.05) is 5.69 Å². The Morgan fingerprint density at radius 3 is 2.95 bits per heavy atom. The highest BCUT2D eigenvalue weighted by molar-refractivity contribution is 5.98. The van der Waals surface area contributed by atoms with Crippen LogP contribution in [0.2, 0.25) is 0 Å². The number of nitrogens with zero attached hydrogens (tertiary/aromatic N) is 2. The fraction of sp³-hybridized carbons (Fsp3) is 0.250. The number of amides is 1. The number of hydrogen-bond acceptors (Lipinski definition) is 5. The van der Waals surface area contributed by atoms with E-state index in [1.807, 2.05) is 0 Å². The molecule has 1 atom stereocenters. The molecule has 1 unspecified atom stereocenters. The molecule has 0 aliphatic rings. The maximum absolute atomic E-state index is 12.2. The lowest BCUT2D eigenvalue weighted by molar-refractivity contribution is 0.0935. The van der Waals surface area contributed by atoms with Gasteiger partial charge in [0.05, 0.1) is 18.7 Å². The number of H-pyrrole nitrogens is 1. The van der Waals surface area contributed by atoms with Crippen molar-refractivity contribution in [1.29, 1.82) is 0 Å². The molecular formula is C12H15N5O2. The SMILES string of the molecule is COc1ccc(N)cc1C(=O)NC(C)c1ncn[nH]1. The van der Waals surface area contributed by atoms with Gasteiger partial charge < -0.3 is 15.8 Å². The molecule has 1 heterocycles. The van der Waals surface area contributed by atoms with Gasteiger partial charge in [0.2, 0.25) is 0 Å². The van der Waals surface area contributed by atoms with Crippen LogP contribution in [0.25, 0.3) is 0 Å². The summed E-state index contributed by atoms with van der Waals surface area (Å²) < 4.78 is 5.14. The summed E-state index contributed by atoms with van der Waals surface area (Å²) in [4.78, 5) is 16.2. The summed E-state index contributed by atoms with van der Waals surface area (Å²) in [5.74, 6) is 0.765. The molecule has 0 aliphatic carbocycles. The molecule has 7 nitrogen and oxygen atoms in total. The Labute approximate surface area is 110 Å². The molecule has 1 aromatic carbocycles. The third-order valence-corrected chi connectivity index (χ3v) is 2.66. The van der Waals surface area contributed by atoms with Crippen LogP contribution in [0.5, 0.6) is 5.75 Å². The van der Waals surface area contributed by atoms with E-state index in [9.17, 15) is 4.79 Å². The van der Waals surface area contributed by atoms with Crippen LogP contribution in [-0.2, 0) is 0 Å². The molecule has 0 saturated carbocycles. The van der Waals surface area contributed by atoms with E-state index in [1.165, 1.54) is 13.4 Å². The minimum atomic E-state index is -0.291. The van der Waals surface area contributed by atoms with Crippen molar-refractivity contribution in [3.05, 3.63) is 35.9 Å². The van der Waals surface area contributed by atoms with E-state index < -0.39 is 0 Å². The lowest BCUT2D eigenvalue weighted by Gasteiger charge is -2.13. The molecule has 0 radical (unpaired) electrons. The first-order valence-corrected chi connectivity index (χ1v) is 5.71. The molecule has 0 spiro atoms. The number of carbonyl (C=O) groups excluding carboxylic acids is 1. The molecule has 1 amide bonds. The highest BCUT2D eigenvalue weighted by Gasteiger charge is 2.17. The highest BCUT2D eigenvalue weighted by Crippen LogP contribution is 2.21. The van der Waals surface area contributed by atoms with Crippen LogP contribution < -0.4 is 15.8 Å². The number of hydrogen-bond donors (Lipinski definition) is 3. The first kappa shape index (κ1) is 12.9. The summed E-state index contributed by atoms with van der Waals surface area (Å²) in [5.41, 5.74) is 6.56. The summed E-state index contributed by atoms with van der Waals surface area (Å²) in [6.07, 6.45) is 1.39. The molecule has 7 heteroatoms. The number of rotatable bonds is 4. The second kappa shape index (κ2) is 5.38. The van der Waals surface area contributed by atoms with Gasteiger partial charge in [-0.1, -0.05) is 0 Å². The first-order chi connectivity index (χ1) is 9.11. The summed E-state index contributed by atoms with van der Waals surface area (Å²) in [7, 11) is 1.50. The van der Waals surface area contributed by atoms with E-state index >= 15 is 0 Å². The molecule has 2 aromatic rings. The molecule has 2 rings (SSSR count). The first-order valence-electron chi connectivity index (χ1n) is 5.71. The number of methoxy groups -OCH3 is 1. The molecule has 4 N–H and O–H groups in total. The lowest BCUT2D eigenvalue weighted by atomic mass is 10.1. The van der Waals surface area contributed by atoms with E-state index in [1.54, 1.807) is 25.1 Å². The van der Waals surface area contributed by atoms with Gasteiger partial charge in [-0.15, -0.1) is 0 Å². The zero-order chi connectivity index (χ0) is 13.8. The third kappa shape index (κ3) is 2.82. The standard InChI is InChI=1S/C12H15N5O2/c1-7(11-14-6-15-17-11)16-12(18)9-5-8(13)3-4-10(9)19-2/h3-7H,13H2,1-2H3,(H,16,18)(H,14,15,17). The van der Waals surface area contributed by atoms with Gasteiger partial charge >= 0.3 is 0 Å². The number of nitrogens with two attached hydrogens (primary N) is 1. The average Bonchev–Trinajstić information content (AvgIpc) is 2.92. The zero-order valence-electron chi connectivity index (χ0n) is 10.7. The minimum absolute atomic E-state index is 0.284. The van der Waals surface area contributed by atoms with E-state index in [4.69, 9.17) is 10.5 Å². The average molecular weight is 261 g/mol. The van der Waals surface area contributed by atoms with Gasteiger partial charge in [0.25, 0.3) is 5.91 Å². The monoisotopic (exact) mass is 261 g/mol. The fourth-order valence-corrected chi connectivity index (χ4v) is 1.67. The number of carbonyl (C=O) groups is 1. The van der Waals surface area contributed by atoms with E-state index in [-0.39, 0.29) is 11.9 Å². The van der Waals surface area contributed by atoms with Crippen LogP contribution in [0.3, 0.4) is 0 Å². The van der Waals surface area contributed by atoms with Crippen molar-refractivity contribution in [1.82, 2.24) is 20.5 Å². The van der Waals surface area contributed by atoms with E-state index in [0.29, 0.717) is 22.8 Å². The van der Waals surface area contributed by atoms with Crippen LogP contribution in [0, 0.1) is 0 Å². The third-order valence-electron chi connectivity index (χ3n) is 2.66. The van der Waals surface area contributed by atoms with Crippen LogP contribution in [0.15, 0.2) is 24.5 Å². The predicted molar refractivity (Wildman–Crippen MR) is 69.7 cm³/mol. The molecule has 0 saturated heterocycles. The van der Waals surface area contributed by atoms with Crippen LogP contribution >= 0.6 is 0 Å². The summed E-state index contributed by atoms with van der Waals surface area (Å²) >= 11 is 0. The van der Waals surface area contributed by atoms with Crippen LogP contribution in [0.1, 0.15) is 29.1 Å². The summed E-state index contributed by atoms with van der Waals surface area (Å²) in [6, 6.07) is 4.61. The number of aromatic amines is 1. The van der Waals surface area contributed by atoms with Gasteiger partial charge in [0.1, 0.15) is 17.9 Å². The largest absolute Gasteiger partial charge is 0.496 e. The number of ether oxygens (including phenoxy) is 1. The van der Waals surface area contributed by atoms with Crippen molar-refractivity contribution in [2.75, 3.05) is 12.8 Å². The van der Waals surface area contributed by atoms with Crippen LogP contribution in [0.4, 0.5) is 5.69 Å². The summed E-state index contributed by atoms with van der Waals surface area (Å²) in [5, 5.41) is 9.23. The summed E-state index contributed by atoms with van der Waals surface area (Å²) in [6.45, 7) is 1.80. The molecule has 0 aliphatic heterocycles. The maximum atomic E-state index is 12.2. The number of nitrogens with one attached hydrogen (secondary N) is 2. The molecule has 0 bridgehead atoms. The highest BCUT2D eigenvalue weighted by atomic mass is 16.5. The van der Waals surface area contributed by atoms with Gasteiger partial charge in [-0.2, -0.15) is 5.10 Å². The van der Waals surface area contributed by atoms with Crippen molar-refractivity contribution in [2.24, 2.45) is 0 Å².